The Morgan fingerprint density at radius 3 is 2.84 bits per heavy atom. The van der Waals surface area contributed by atoms with Crippen LogP contribution in [-0.4, -0.2) is 41.7 Å². The van der Waals surface area contributed by atoms with Crippen molar-refractivity contribution in [2.75, 3.05) is 6.61 Å². The lowest BCUT2D eigenvalue weighted by molar-refractivity contribution is 0.101. The smallest absolute Gasteiger partial charge is 0.166 e. The van der Waals surface area contributed by atoms with E-state index >= 15 is 0 Å². The lowest BCUT2D eigenvalue weighted by Gasteiger charge is -2.16. The van der Waals surface area contributed by atoms with Crippen LogP contribution < -0.4 is 4.74 Å². The summed E-state index contributed by atoms with van der Waals surface area (Å²) in [7, 11) is 0. The minimum atomic E-state index is -1.29. The van der Waals surface area contributed by atoms with Crippen LogP contribution in [0.4, 0.5) is 4.39 Å². The third kappa shape index (κ3) is 4.78. The predicted octanol–water partition coefficient (Wildman–Crippen LogP) is 3.33. The first-order valence-electron chi connectivity index (χ1n) is 9.62. The summed E-state index contributed by atoms with van der Waals surface area (Å²) in [6.45, 7) is 6.04. The van der Waals surface area contributed by atoms with E-state index in [9.17, 15) is 9.50 Å². The number of thiazole rings is 1. The number of ether oxygens (including phenoxy) is 1. The van der Waals surface area contributed by atoms with E-state index in [1.807, 2.05) is 25.3 Å². The molecular weight excluding hydrogens is 439 g/mol. The van der Waals surface area contributed by atoms with E-state index < -0.39 is 11.4 Å². The number of aromatic nitrogens is 6. The fourth-order valence-electron chi connectivity index (χ4n) is 2.90. The van der Waals surface area contributed by atoms with Crippen LogP contribution in [0.3, 0.4) is 0 Å². The molecule has 0 saturated carbocycles. The quantitative estimate of drug-likeness (QED) is 0.431. The minimum absolute atomic E-state index is 0.206. The van der Waals surface area contributed by atoms with Gasteiger partial charge in [0.2, 0.25) is 0 Å². The highest BCUT2D eigenvalue weighted by Gasteiger charge is 2.33. The second kappa shape index (κ2) is 8.77. The van der Waals surface area contributed by atoms with Crippen molar-refractivity contribution < 1.29 is 14.2 Å². The summed E-state index contributed by atoms with van der Waals surface area (Å²) in [6.07, 6.45) is 3.73. The summed E-state index contributed by atoms with van der Waals surface area (Å²) in [4.78, 5) is 8.50. The Kier molecular flexibility index (Phi) is 6.08. The lowest BCUT2D eigenvalue weighted by Crippen LogP contribution is -2.22. The highest BCUT2D eigenvalue weighted by Crippen LogP contribution is 2.33. The molecule has 0 fully saturated rings. The van der Waals surface area contributed by atoms with Gasteiger partial charge in [0, 0.05) is 29.8 Å². The zero-order chi connectivity index (χ0) is 22.0. The fraction of sp³-hybridized carbons (Fsp3) is 0.350. The molecule has 0 aliphatic rings. The summed E-state index contributed by atoms with van der Waals surface area (Å²) in [5.41, 5.74) is 0.615. The molecule has 0 bridgehead atoms. The van der Waals surface area contributed by atoms with Gasteiger partial charge >= 0.3 is 0 Å². The van der Waals surface area contributed by atoms with Gasteiger partial charge in [0.1, 0.15) is 21.6 Å². The van der Waals surface area contributed by atoms with E-state index in [2.05, 4.69) is 25.3 Å². The van der Waals surface area contributed by atoms with E-state index in [4.69, 9.17) is 4.74 Å². The lowest BCUT2D eigenvalue weighted by atomic mass is 10.1. The van der Waals surface area contributed by atoms with Crippen LogP contribution in [0.2, 0.25) is 0 Å². The van der Waals surface area contributed by atoms with Crippen LogP contribution in [0.5, 0.6) is 5.75 Å². The number of aliphatic hydroxyl groups is 1. The van der Waals surface area contributed by atoms with Crippen molar-refractivity contribution in [1.29, 1.82) is 0 Å². The van der Waals surface area contributed by atoms with E-state index in [0.29, 0.717) is 28.8 Å². The molecule has 31 heavy (non-hydrogen) atoms. The van der Waals surface area contributed by atoms with Crippen LogP contribution >= 0.6 is 22.7 Å². The molecule has 4 aromatic rings. The van der Waals surface area contributed by atoms with Gasteiger partial charge in [0.05, 0.1) is 30.7 Å². The second-order valence-corrected chi connectivity index (χ2v) is 9.00. The molecule has 0 radical (unpaired) electrons. The SMILES string of the molecule is CCOc1cnc(Cn2ccc(Cc3nnc(C(C)(O)c4nc(C)cs4)s3)n2)c(F)c1. The molecular formula is C20H21FN6O2S2. The van der Waals surface area contributed by atoms with E-state index in [1.54, 1.807) is 17.8 Å². The number of hydrogen-bond acceptors (Lipinski definition) is 9. The van der Waals surface area contributed by atoms with Gasteiger partial charge in [-0.2, -0.15) is 5.10 Å². The number of halogens is 1. The molecule has 162 valence electrons. The van der Waals surface area contributed by atoms with Crippen molar-refractivity contribution in [3.8, 4) is 5.75 Å². The second-order valence-electron chi connectivity index (χ2n) is 7.08. The Bertz CT molecular complexity index is 1190. The molecule has 11 heteroatoms. The first-order chi connectivity index (χ1) is 14.8. The monoisotopic (exact) mass is 460 g/mol. The van der Waals surface area contributed by atoms with Crippen LogP contribution in [0.1, 0.15) is 46.0 Å². The van der Waals surface area contributed by atoms with Gasteiger partial charge in [-0.15, -0.1) is 21.5 Å². The zero-order valence-corrected chi connectivity index (χ0v) is 18.9. The summed E-state index contributed by atoms with van der Waals surface area (Å²) >= 11 is 2.71. The zero-order valence-electron chi connectivity index (χ0n) is 17.2. The molecule has 0 aromatic carbocycles. The maximum atomic E-state index is 14.2. The molecule has 4 aromatic heterocycles. The number of pyridine rings is 1. The highest BCUT2D eigenvalue weighted by atomic mass is 32.1. The first kappa shape index (κ1) is 21.5. The van der Waals surface area contributed by atoms with Crippen molar-refractivity contribution >= 4 is 22.7 Å². The van der Waals surface area contributed by atoms with Gasteiger partial charge in [-0.1, -0.05) is 11.3 Å². The summed E-state index contributed by atoms with van der Waals surface area (Å²) in [5.74, 6) is -0.0304. The fourth-order valence-corrected chi connectivity index (χ4v) is 4.72. The summed E-state index contributed by atoms with van der Waals surface area (Å²) in [5, 5.41) is 27.4. The van der Waals surface area contributed by atoms with Crippen LogP contribution in [0.25, 0.3) is 0 Å². The third-order valence-corrected chi connectivity index (χ3v) is 6.77. The molecule has 1 unspecified atom stereocenters. The molecule has 4 rings (SSSR count). The van der Waals surface area contributed by atoms with Crippen LogP contribution in [0, 0.1) is 12.7 Å². The van der Waals surface area contributed by atoms with Gasteiger partial charge in [-0.25, -0.2) is 9.37 Å². The Morgan fingerprint density at radius 2 is 2.13 bits per heavy atom. The number of hydrogen-bond donors (Lipinski definition) is 1. The van der Waals surface area contributed by atoms with Gasteiger partial charge in [-0.05, 0) is 26.8 Å². The largest absolute Gasteiger partial charge is 0.492 e. The molecule has 0 saturated heterocycles. The summed E-state index contributed by atoms with van der Waals surface area (Å²) in [6, 6.07) is 3.17. The Balaban J connectivity index is 1.44. The molecule has 0 amide bonds. The Morgan fingerprint density at radius 1 is 1.29 bits per heavy atom. The first-order valence-corrected chi connectivity index (χ1v) is 11.3. The minimum Gasteiger partial charge on any atom is -0.492 e. The van der Waals surface area contributed by atoms with Crippen molar-refractivity contribution in [1.82, 2.24) is 29.9 Å². The summed E-state index contributed by atoms with van der Waals surface area (Å²) < 4.78 is 21.1. The number of aryl methyl sites for hydroxylation is 1. The Labute approximate surface area is 186 Å². The standard InChI is InChI=1S/C20H21FN6O2S2/c1-4-29-14-8-15(21)16(22-9-14)10-27-6-5-13(26-27)7-17-24-25-19(31-17)20(3,28)18-23-12(2)11-30-18/h5-6,8-9,11,28H,4,7,10H2,1-3H3. The average Bonchev–Trinajstić information content (AvgIpc) is 3.46. The Hall–Kier alpha value is -2.76. The van der Waals surface area contributed by atoms with Crippen LogP contribution in [-0.2, 0) is 18.6 Å². The maximum absolute atomic E-state index is 14.2. The normalized spacial score (nSPS) is 13.3. The van der Waals surface area contributed by atoms with Crippen LogP contribution in [0.15, 0.2) is 29.9 Å². The third-order valence-electron chi connectivity index (χ3n) is 4.46. The molecule has 0 aliphatic heterocycles. The van der Waals surface area contributed by atoms with E-state index in [0.717, 1.165) is 16.4 Å². The van der Waals surface area contributed by atoms with Gasteiger partial charge in [0.15, 0.2) is 10.6 Å². The van der Waals surface area contributed by atoms with E-state index in [1.165, 1.54) is 34.9 Å². The molecule has 4 heterocycles. The number of nitrogens with zero attached hydrogens (tertiary/aromatic N) is 6. The number of rotatable bonds is 8. The average molecular weight is 461 g/mol. The molecule has 1 N–H and O–H groups in total. The van der Waals surface area contributed by atoms with Gasteiger partial charge in [0.25, 0.3) is 0 Å². The van der Waals surface area contributed by atoms with Gasteiger partial charge in [-0.3, -0.25) is 9.67 Å². The molecule has 8 nitrogen and oxygen atoms in total. The van der Waals surface area contributed by atoms with Gasteiger partial charge < -0.3 is 9.84 Å². The van der Waals surface area contributed by atoms with E-state index in [-0.39, 0.29) is 12.2 Å². The van der Waals surface area contributed by atoms with Crippen molar-refractivity contribution in [2.24, 2.45) is 0 Å². The molecule has 0 aliphatic carbocycles. The topological polar surface area (TPSA) is 98.8 Å². The molecule has 0 spiro atoms. The van der Waals surface area contributed by atoms with Crippen molar-refractivity contribution in [2.45, 2.75) is 39.3 Å². The molecule has 1 atom stereocenters. The highest BCUT2D eigenvalue weighted by molar-refractivity contribution is 7.12. The predicted molar refractivity (Wildman–Crippen MR) is 115 cm³/mol. The van der Waals surface area contributed by atoms with Crippen molar-refractivity contribution in [3.63, 3.8) is 0 Å². The van der Waals surface area contributed by atoms with Crippen molar-refractivity contribution in [3.05, 3.63) is 67.8 Å². The maximum Gasteiger partial charge on any atom is 0.166 e.